The Balaban J connectivity index is 1.70. The van der Waals surface area contributed by atoms with Gasteiger partial charge in [0, 0.05) is 13.8 Å². The summed E-state index contributed by atoms with van der Waals surface area (Å²) in [6.07, 6.45) is -40.8. The maximum Gasteiger partial charge on any atom is 0.217 e. The van der Waals surface area contributed by atoms with E-state index in [0.717, 1.165) is 13.8 Å². The molecule has 27 heteroatoms. The normalized spacial score (nSPS) is 44.1. The Morgan fingerprint density at radius 1 is 0.557 bits per heavy atom. The van der Waals surface area contributed by atoms with Gasteiger partial charge in [-0.15, -0.1) is 0 Å². The predicted octanol–water partition coefficient (Wildman–Crippen LogP) is -11.0. The summed E-state index contributed by atoms with van der Waals surface area (Å²) in [7, 11) is 0. The molecule has 0 radical (unpaired) electrons. The van der Waals surface area contributed by atoms with Crippen molar-refractivity contribution in [3.8, 4) is 0 Å². The lowest BCUT2D eigenvalue weighted by Gasteiger charge is -2.50. The van der Waals surface area contributed by atoms with Crippen molar-refractivity contribution in [1.29, 1.82) is 0 Å². The maximum atomic E-state index is 12.4. The summed E-state index contributed by atoms with van der Waals surface area (Å²) in [4.78, 5) is 24.5. The molecule has 0 unspecified atom stereocenters. The summed E-state index contributed by atoms with van der Waals surface area (Å²) >= 11 is 0. The number of hydrogen-bond acceptors (Lipinski definition) is 25. The Bertz CT molecular complexity index is 1370. The third kappa shape index (κ3) is 11.8. The van der Waals surface area contributed by atoms with Crippen LogP contribution in [0.4, 0.5) is 0 Å². The Labute approximate surface area is 347 Å². The van der Waals surface area contributed by atoms with E-state index in [1.807, 2.05) is 0 Å². The number of carbonyl (C=O) groups is 2. The molecule has 0 aromatic rings. The highest BCUT2D eigenvalue weighted by Crippen LogP contribution is 2.36. The number of aliphatic hydroxyl groups is 15. The van der Waals surface area contributed by atoms with Gasteiger partial charge >= 0.3 is 0 Å². The van der Waals surface area contributed by atoms with E-state index in [1.54, 1.807) is 0 Å². The van der Waals surface area contributed by atoms with E-state index in [0.29, 0.717) is 0 Å². The largest absolute Gasteiger partial charge is 0.394 e. The summed E-state index contributed by atoms with van der Waals surface area (Å²) in [5.41, 5.74) is 0. The number of aliphatic hydroxyl groups excluding tert-OH is 15. The van der Waals surface area contributed by atoms with Crippen LogP contribution in [0, 0.1) is 0 Å². The number of ether oxygens (including phenoxy) is 8. The van der Waals surface area contributed by atoms with Crippen LogP contribution in [0.5, 0.6) is 0 Å². The molecule has 4 aliphatic heterocycles. The zero-order valence-electron chi connectivity index (χ0n) is 33.2. The lowest BCUT2D eigenvalue weighted by atomic mass is 9.94. The first-order chi connectivity index (χ1) is 28.7. The molecular formula is C34H60N2O25. The number of nitrogens with one attached hydrogen (secondary N) is 2. The average molecular weight is 897 g/mol. The van der Waals surface area contributed by atoms with Crippen LogP contribution in [0.15, 0.2) is 0 Å². The molecule has 27 nitrogen and oxygen atoms in total. The molecule has 4 rings (SSSR count). The van der Waals surface area contributed by atoms with Crippen molar-refractivity contribution in [2.45, 2.75) is 168 Å². The van der Waals surface area contributed by atoms with Gasteiger partial charge in [0.05, 0.1) is 45.2 Å². The van der Waals surface area contributed by atoms with Crippen molar-refractivity contribution >= 4 is 11.8 Å². The highest BCUT2D eigenvalue weighted by atomic mass is 16.8. The molecule has 0 saturated carbocycles. The molecule has 61 heavy (non-hydrogen) atoms. The van der Waals surface area contributed by atoms with Gasteiger partial charge < -0.3 is 125 Å². The molecule has 0 bridgehead atoms. The Hall–Kier alpha value is -1.98. The highest BCUT2D eigenvalue weighted by Gasteiger charge is 2.56. The average Bonchev–Trinajstić information content (AvgIpc) is 3.23. The molecule has 4 heterocycles. The van der Waals surface area contributed by atoms with Crippen molar-refractivity contribution in [3.63, 3.8) is 0 Å². The van der Waals surface area contributed by atoms with Crippen LogP contribution in [0.25, 0.3) is 0 Å². The van der Waals surface area contributed by atoms with Gasteiger partial charge in [0.1, 0.15) is 110 Å². The van der Waals surface area contributed by atoms with E-state index >= 15 is 0 Å². The summed E-state index contributed by atoms with van der Waals surface area (Å²) < 4.78 is 46.2. The second-order valence-corrected chi connectivity index (χ2v) is 15.2. The number of hydrogen-bond donors (Lipinski definition) is 17. The summed E-state index contributed by atoms with van der Waals surface area (Å²) in [5, 5.41) is 162. The Kier molecular flexibility index (Phi) is 19.3. The minimum atomic E-state index is -2.17. The fourth-order valence-electron chi connectivity index (χ4n) is 7.36. The second kappa shape index (κ2) is 22.8. The lowest BCUT2D eigenvalue weighted by Crippen LogP contribution is -2.70. The monoisotopic (exact) mass is 896 g/mol. The molecule has 4 fully saturated rings. The van der Waals surface area contributed by atoms with Crippen molar-refractivity contribution in [2.24, 2.45) is 0 Å². The van der Waals surface area contributed by atoms with E-state index in [2.05, 4.69) is 10.6 Å². The first kappa shape index (κ1) is 51.7. The summed E-state index contributed by atoms with van der Waals surface area (Å²) in [5.74, 6) is -1.57. The zero-order valence-corrected chi connectivity index (χ0v) is 33.2. The van der Waals surface area contributed by atoms with Crippen molar-refractivity contribution in [2.75, 3.05) is 33.0 Å². The van der Waals surface area contributed by atoms with E-state index in [4.69, 9.17) is 37.9 Å². The van der Waals surface area contributed by atoms with Crippen molar-refractivity contribution in [1.82, 2.24) is 10.6 Å². The first-order valence-electron chi connectivity index (χ1n) is 19.4. The second-order valence-electron chi connectivity index (χ2n) is 15.2. The third-order valence-corrected chi connectivity index (χ3v) is 10.7. The third-order valence-electron chi connectivity index (χ3n) is 10.7. The standard InChI is InChI=1S/C34H60N2O25/c1-9-18(45)22(49)24(51)32(54-9)61-30-26(53)29(16(8-41)57-34(30)58-27(19(46)13(44)5-38)12(4-37)35-10(2)42)59-31-17(36-11(3)43)21(48)28(15(7-40)56-31)60-33-25(52)23(50)20(47)14(6-39)55-33/h9,12-34,37-41,44-53H,4-8H2,1-3H3,(H,35,42)(H,36,43)/t9-,12-,13+,14+,15+,16+,17+,18+,19-,20+,21+,22+,23-,24-,25+,26-,27+,28+,29-,30+,31-,32-,33-,34-/m0/s1. The van der Waals surface area contributed by atoms with E-state index in [1.165, 1.54) is 6.92 Å². The Morgan fingerprint density at radius 2 is 1.05 bits per heavy atom. The molecule has 0 spiro atoms. The number of amides is 2. The molecule has 24 atom stereocenters. The molecule has 0 aliphatic carbocycles. The van der Waals surface area contributed by atoms with Gasteiger partial charge in [-0.25, -0.2) is 0 Å². The van der Waals surface area contributed by atoms with Crippen LogP contribution in [0.2, 0.25) is 0 Å². The molecule has 0 aromatic carbocycles. The number of carbonyl (C=O) groups excluding carboxylic acids is 2. The van der Waals surface area contributed by atoms with Crippen LogP contribution in [-0.4, -0.2) is 269 Å². The van der Waals surface area contributed by atoms with Crippen molar-refractivity contribution in [3.05, 3.63) is 0 Å². The van der Waals surface area contributed by atoms with Crippen molar-refractivity contribution < 1.29 is 124 Å². The topological polar surface area (TPSA) is 435 Å². The van der Waals surface area contributed by atoms with E-state index in [-0.39, 0.29) is 0 Å². The van der Waals surface area contributed by atoms with Gasteiger partial charge in [-0.05, 0) is 6.92 Å². The lowest BCUT2D eigenvalue weighted by molar-refractivity contribution is -0.392. The van der Waals surface area contributed by atoms with Crippen LogP contribution in [-0.2, 0) is 47.5 Å². The van der Waals surface area contributed by atoms with Gasteiger partial charge in [-0.1, -0.05) is 0 Å². The molecular weight excluding hydrogens is 836 g/mol. The predicted molar refractivity (Wildman–Crippen MR) is 191 cm³/mol. The van der Waals surface area contributed by atoms with Crippen LogP contribution < -0.4 is 10.6 Å². The van der Waals surface area contributed by atoms with Gasteiger partial charge in [0.25, 0.3) is 0 Å². The van der Waals surface area contributed by atoms with E-state index in [9.17, 15) is 86.2 Å². The van der Waals surface area contributed by atoms with Gasteiger partial charge in [0.2, 0.25) is 11.8 Å². The quantitative estimate of drug-likeness (QED) is 0.0607. The maximum absolute atomic E-state index is 12.4. The van der Waals surface area contributed by atoms with E-state index < -0.39 is 192 Å². The molecule has 4 aliphatic rings. The molecule has 4 saturated heterocycles. The Morgan fingerprint density at radius 3 is 1.57 bits per heavy atom. The SMILES string of the molecule is CC(=O)N[C@H]1[C@H](O[C@@H]2[C@H](O)[C@@H](O[C@@H]3O[C@@H](C)[C@@H](O)[C@@H](O)[C@@H]3O)[C@H](O[C@@H]([C@@H](O)[C@H](O)CO)[C@H](CO)NC(C)=O)O[C@@H]2CO)O[C@H](CO)[C@@H](O[C@@H]2O[C@H](CO)[C@@H](O)[C@H](O)[C@H]2O)[C@@H]1O. The smallest absolute Gasteiger partial charge is 0.217 e. The molecule has 356 valence electrons. The summed E-state index contributed by atoms with van der Waals surface area (Å²) in [6.45, 7) is -1.52. The van der Waals surface area contributed by atoms with Crippen LogP contribution in [0.1, 0.15) is 20.8 Å². The zero-order chi connectivity index (χ0) is 45.6. The molecule has 0 aromatic heterocycles. The molecule has 2 amide bonds. The highest BCUT2D eigenvalue weighted by molar-refractivity contribution is 5.73. The van der Waals surface area contributed by atoms with Crippen LogP contribution in [0.3, 0.4) is 0 Å². The number of rotatable bonds is 18. The van der Waals surface area contributed by atoms with Gasteiger partial charge in [0.15, 0.2) is 25.2 Å². The minimum absolute atomic E-state index is 0.761. The van der Waals surface area contributed by atoms with Gasteiger partial charge in [-0.3, -0.25) is 9.59 Å². The van der Waals surface area contributed by atoms with Crippen LogP contribution >= 0.6 is 0 Å². The fraction of sp³-hybridized carbons (Fsp3) is 0.941. The summed E-state index contributed by atoms with van der Waals surface area (Å²) in [6, 6.07) is -3.27. The fourth-order valence-corrected chi connectivity index (χ4v) is 7.36. The molecule has 17 N–H and O–H groups in total. The first-order valence-corrected chi connectivity index (χ1v) is 19.4. The van der Waals surface area contributed by atoms with Gasteiger partial charge in [-0.2, -0.15) is 0 Å². The minimum Gasteiger partial charge on any atom is -0.394 e.